The third-order valence-electron chi connectivity index (χ3n) is 2.17. The van der Waals surface area contributed by atoms with Gasteiger partial charge in [-0.2, -0.15) is 0 Å². The molecule has 0 bridgehead atoms. The summed E-state index contributed by atoms with van der Waals surface area (Å²) in [7, 11) is -2.94. The average molecular weight is 341 g/mol. The minimum absolute atomic E-state index is 0.0491. The molecule has 0 aliphatic heterocycles. The van der Waals surface area contributed by atoms with Crippen LogP contribution in [-0.2, 0) is 4.57 Å². The Morgan fingerprint density at radius 1 is 1.00 bits per heavy atom. The van der Waals surface area contributed by atoms with Crippen LogP contribution in [0.3, 0.4) is 0 Å². The zero-order valence-corrected chi connectivity index (χ0v) is 13.4. The molecule has 18 heavy (non-hydrogen) atoms. The van der Waals surface area contributed by atoms with Gasteiger partial charge in [0.1, 0.15) is 0 Å². The van der Waals surface area contributed by atoms with Crippen molar-refractivity contribution >= 4 is 42.4 Å². The molecular weight excluding hydrogens is 319 g/mol. The SMILES string of the molecule is O=P(NCCCl)(NCCCO)N(CCCl)CCCl. The first-order valence-electron chi connectivity index (χ1n) is 5.79. The predicted octanol–water partition coefficient (Wildman–Crippen LogP) is 1.67. The van der Waals surface area contributed by atoms with Crippen LogP contribution in [0.4, 0.5) is 0 Å². The number of halogens is 3. The van der Waals surface area contributed by atoms with E-state index in [0.29, 0.717) is 50.2 Å². The molecule has 0 rings (SSSR count). The first-order chi connectivity index (χ1) is 8.64. The topological polar surface area (TPSA) is 64.6 Å². The molecule has 110 valence electrons. The van der Waals surface area contributed by atoms with Gasteiger partial charge in [0.15, 0.2) is 0 Å². The molecule has 0 saturated carbocycles. The molecule has 0 saturated heterocycles. The quantitative estimate of drug-likeness (QED) is 0.287. The second kappa shape index (κ2) is 11.7. The van der Waals surface area contributed by atoms with Gasteiger partial charge in [0.2, 0.25) is 0 Å². The van der Waals surface area contributed by atoms with Crippen LogP contribution in [0.5, 0.6) is 0 Å². The van der Waals surface area contributed by atoms with Crippen LogP contribution in [0.1, 0.15) is 6.42 Å². The molecule has 0 aliphatic carbocycles. The minimum atomic E-state index is -2.94. The zero-order chi connectivity index (χ0) is 13.9. The van der Waals surface area contributed by atoms with E-state index >= 15 is 0 Å². The Balaban J connectivity index is 4.60. The Morgan fingerprint density at radius 2 is 1.56 bits per heavy atom. The maximum atomic E-state index is 12.8. The summed E-state index contributed by atoms with van der Waals surface area (Å²) in [5.41, 5.74) is 0. The van der Waals surface area contributed by atoms with Crippen molar-refractivity contribution in [1.82, 2.24) is 14.8 Å². The monoisotopic (exact) mass is 339 g/mol. The van der Waals surface area contributed by atoms with Crippen molar-refractivity contribution in [1.29, 1.82) is 0 Å². The van der Waals surface area contributed by atoms with Gasteiger partial charge in [-0.05, 0) is 6.42 Å². The van der Waals surface area contributed by atoms with Crippen LogP contribution in [0.25, 0.3) is 0 Å². The molecule has 0 spiro atoms. The Kier molecular flexibility index (Phi) is 12.4. The molecule has 9 heteroatoms. The maximum Gasteiger partial charge on any atom is 0.281 e. The first-order valence-corrected chi connectivity index (χ1v) is 9.05. The lowest BCUT2D eigenvalue weighted by atomic mass is 10.5. The molecule has 5 nitrogen and oxygen atoms in total. The van der Waals surface area contributed by atoms with Crippen molar-refractivity contribution in [2.75, 3.05) is 50.4 Å². The van der Waals surface area contributed by atoms with Crippen LogP contribution in [-0.4, -0.2) is 60.2 Å². The number of nitrogens with one attached hydrogen (secondary N) is 2. The summed E-state index contributed by atoms with van der Waals surface area (Å²) in [5, 5.41) is 14.6. The highest BCUT2D eigenvalue weighted by Gasteiger charge is 2.28. The highest BCUT2D eigenvalue weighted by Crippen LogP contribution is 2.40. The predicted molar refractivity (Wildman–Crippen MR) is 79.0 cm³/mol. The van der Waals surface area contributed by atoms with Crippen LogP contribution in [0.15, 0.2) is 0 Å². The van der Waals surface area contributed by atoms with Gasteiger partial charge in [-0.1, -0.05) is 0 Å². The van der Waals surface area contributed by atoms with E-state index in [1.165, 1.54) is 0 Å². The van der Waals surface area contributed by atoms with E-state index in [9.17, 15) is 4.57 Å². The molecule has 1 unspecified atom stereocenters. The summed E-state index contributed by atoms with van der Waals surface area (Å²) in [6, 6.07) is 0. The fourth-order valence-corrected chi connectivity index (χ4v) is 4.37. The first kappa shape index (κ1) is 18.9. The molecular formula is C9H21Cl3N3O2P. The largest absolute Gasteiger partial charge is 0.396 e. The highest BCUT2D eigenvalue weighted by molar-refractivity contribution is 7.57. The number of hydrogen-bond acceptors (Lipinski definition) is 2. The fraction of sp³-hybridized carbons (Fsp3) is 1.00. The normalized spacial score (nSPS) is 14.9. The standard InChI is InChI=1S/C9H21Cl3N3O2P/c10-2-6-14-18(17,13-5-1-9-16)15(7-3-11)8-4-12/h16H,1-9H2,(H2,13,14,17). The second-order valence-electron chi connectivity index (χ2n) is 3.49. The molecule has 0 aromatic rings. The highest BCUT2D eigenvalue weighted by atomic mass is 35.5. The van der Waals surface area contributed by atoms with Crippen molar-refractivity contribution < 1.29 is 9.67 Å². The smallest absolute Gasteiger partial charge is 0.281 e. The lowest BCUT2D eigenvalue weighted by molar-refractivity contribution is 0.288. The lowest BCUT2D eigenvalue weighted by Crippen LogP contribution is -2.39. The third kappa shape index (κ3) is 7.51. The number of alkyl halides is 3. The second-order valence-corrected chi connectivity index (χ2v) is 6.97. The van der Waals surface area contributed by atoms with Gasteiger partial charge in [-0.15, -0.1) is 34.8 Å². The number of hydrogen-bond donors (Lipinski definition) is 3. The number of nitrogens with zero attached hydrogens (tertiary/aromatic N) is 1. The summed E-state index contributed by atoms with van der Waals surface area (Å²) >= 11 is 17.0. The van der Waals surface area contributed by atoms with Gasteiger partial charge >= 0.3 is 0 Å². The average Bonchev–Trinajstić information content (AvgIpc) is 2.36. The van der Waals surface area contributed by atoms with Crippen molar-refractivity contribution in [2.24, 2.45) is 0 Å². The van der Waals surface area contributed by atoms with Gasteiger partial charge in [0.25, 0.3) is 7.59 Å². The van der Waals surface area contributed by atoms with Gasteiger partial charge < -0.3 is 5.11 Å². The fourth-order valence-electron chi connectivity index (χ4n) is 1.35. The van der Waals surface area contributed by atoms with E-state index in [-0.39, 0.29) is 6.61 Å². The Morgan fingerprint density at radius 3 is 2.00 bits per heavy atom. The van der Waals surface area contributed by atoms with Crippen molar-refractivity contribution in [3.63, 3.8) is 0 Å². The Labute approximate surface area is 124 Å². The Bertz CT molecular complexity index is 243. The number of aliphatic hydroxyl groups excluding tert-OH is 1. The molecule has 0 amide bonds. The van der Waals surface area contributed by atoms with Crippen LogP contribution < -0.4 is 10.2 Å². The van der Waals surface area contributed by atoms with Gasteiger partial charge in [-0.25, -0.2) is 14.8 Å². The van der Waals surface area contributed by atoms with E-state index < -0.39 is 7.59 Å². The molecule has 1 atom stereocenters. The van der Waals surface area contributed by atoms with Crippen molar-refractivity contribution in [2.45, 2.75) is 6.42 Å². The minimum Gasteiger partial charge on any atom is -0.396 e. The van der Waals surface area contributed by atoms with Crippen LogP contribution in [0.2, 0.25) is 0 Å². The molecule has 0 fully saturated rings. The molecule has 3 N–H and O–H groups in total. The molecule has 0 radical (unpaired) electrons. The van der Waals surface area contributed by atoms with E-state index in [2.05, 4.69) is 10.2 Å². The zero-order valence-electron chi connectivity index (χ0n) is 10.2. The molecule has 0 aliphatic rings. The Hall–Kier alpha value is 0.940. The van der Waals surface area contributed by atoms with Gasteiger partial charge in [0.05, 0.1) is 0 Å². The molecule has 0 heterocycles. The summed E-state index contributed by atoms with van der Waals surface area (Å²) < 4.78 is 14.5. The van der Waals surface area contributed by atoms with Crippen LogP contribution >= 0.6 is 42.4 Å². The van der Waals surface area contributed by atoms with Gasteiger partial charge in [0, 0.05) is 50.4 Å². The summed E-state index contributed by atoms with van der Waals surface area (Å²) in [6.45, 7) is 1.85. The maximum absolute atomic E-state index is 12.8. The van der Waals surface area contributed by atoms with Crippen molar-refractivity contribution in [3.8, 4) is 0 Å². The van der Waals surface area contributed by atoms with E-state index in [1.54, 1.807) is 4.67 Å². The number of aliphatic hydroxyl groups is 1. The van der Waals surface area contributed by atoms with Gasteiger partial charge in [-0.3, -0.25) is 4.57 Å². The van der Waals surface area contributed by atoms with E-state index in [0.717, 1.165) is 0 Å². The number of rotatable bonds is 12. The third-order valence-corrected chi connectivity index (χ3v) is 5.19. The van der Waals surface area contributed by atoms with E-state index in [1.807, 2.05) is 0 Å². The summed E-state index contributed by atoms with van der Waals surface area (Å²) in [6.07, 6.45) is 0.530. The lowest BCUT2D eigenvalue weighted by Gasteiger charge is -2.31. The summed E-state index contributed by atoms with van der Waals surface area (Å²) in [5.74, 6) is 1.09. The summed E-state index contributed by atoms with van der Waals surface area (Å²) in [4.78, 5) is 0. The molecule has 0 aromatic carbocycles. The van der Waals surface area contributed by atoms with Crippen molar-refractivity contribution in [3.05, 3.63) is 0 Å². The van der Waals surface area contributed by atoms with E-state index in [4.69, 9.17) is 39.9 Å². The van der Waals surface area contributed by atoms with Crippen LogP contribution in [0, 0.1) is 0 Å². The molecule has 0 aromatic heterocycles.